The third-order valence-electron chi connectivity index (χ3n) is 1.47. The number of carboxylic acids is 1. The number of aromatic carboxylic acids is 1. The first-order chi connectivity index (χ1) is 6.74. The molecule has 0 aliphatic heterocycles. The van der Waals surface area contributed by atoms with Gasteiger partial charge in [-0.2, -0.15) is 0 Å². The molecule has 0 bridgehead atoms. The fourth-order valence-corrected chi connectivity index (χ4v) is 0.834. The third-order valence-corrected chi connectivity index (χ3v) is 1.47. The summed E-state index contributed by atoms with van der Waals surface area (Å²) < 4.78 is 4.76. The Morgan fingerprint density at radius 1 is 1.79 bits per heavy atom. The van der Waals surface area contributed by atoms with Crippen LogP contribution in [-0.4, -0.2) is 22.8 Å². The van der Waals surface area contributed by atoms with E-state index in [-0.39, 0.29) is 5.69 Å². The zero-order chi connectivity index (χ0) is 10.4. The smallest absolute Gasteiger partial charge is 0.358 e. The Labute approximate surface area is 81.1 Å². The van der Waals surface area contributed by atoms with Crippen molar-refractivity contribution in [3.05, 3.63) is 17.5 Å². The van der Waals surface area contributed by atoms with Gasteiger partial charge in [-0.25, -0.2) is 4.79 Å². The Balaban J connectivity index is 2.42. The average molecular weight is 194 g/mol. The van der Waals surface area contributed by atoms with E-state index in [0.29, 0.717) is 18.8 Å². The first kappa shape index (κ1) is 10.3. The van der Waals surface area contributed by atoms with Crippen LogP contribution in [0.25, 0.3) is 0 Å². The van der Waals surface area contributed by atoms with Crippen LogP contribution in [0.4, 0.5) is 0 Å². The molecule has 1 aromatic rings. The molecule has 1 aromatic heterocycles. The fourth-order valence-electron chi connectivity index (χ4n) is 0.834. The minimum Gasteiger partial charge on any atom is -0.476 e. The predicted octanol–water partition coefficient (Wildman–Crippen LogP) is 0.486. The van der Waals surface area contributed by atoms with E-state index in [1.807, 2.05) is 0 Å². The van der Waals surface area contributed by atoms with E-state index >= 15 is 0 Å². The number of hydrogen-bond donors (Lipinski definition) is 2. The molecule has 74 valence electrons. The zero-order valence-electron chi connectivity index (χ0n) is 7.70. The van der Waals surface area contributed by atoms with Crippen LogP contribution in [0.15, 0.2) is 10.6 Å². The van der Waals surface area contributed by atoms with Crippen LogP contribution in [0.3, 0.4) is 0 Å². The van der Waals surface area contributed by atoms with Crippen LogP contribution < -0.4 is 5.32 Å². The topological polar surface area (TPSA) is 75.4 Å². The summed E-state index contributed by atoms with van der Waals surface area (Å²) in [5, 5.41) is 14.9. The number of carbonyl (C=O) groups is 1. The van der Waals surface area contributed by atoms with Crippen molar-refractivity contribution in [1.82, 2.24) is 10.5 Å². The lowest BCUT2D eigenvalue weighted by Crippen LogP contribution is -2.12. The molecule has 0 saturated carbocycles. The molecule has 0 atom stereocenters. The molecule has 0 unspecified atom stereocenters. The van der Waals surface area contributed by atoms with Crippen molar-refractivity contribution in [1.29, 1.82) is 0 Å². The molecule has 0 spiro atoms. The van der Waals surface area contributed by atoms with Crippen molar-refractivity contribution < 1.29 is 14.4 Å². The molecule has 0 radical (unpaired) electrons. The van der Waals surface area contributed by atoms with Gasteiger partial charge in [-0.1, -0.05) is 11.1 Å². The molecule has 0 fully saturated rings. The lowest BCUT2D eigenvalue weighted by Gasteiger charge is -1.93. The minimum absolute atomic E-state index is 0.0802. The maximum atomic E-state index is 10.4. The molecule has 5 heteroatoms. The van der Waals surface area contributed by atoms with Gasteiger partial charge in [0.15, 0.2) is 11.5 Å². The molecule has 0 aliphatic carbocycles. The Kier molecular flexibility index (Phi) is 3.70. The van der Waals surface area contributed by atoms with Gasteiger partial charge >= 0.3 is 5.97 Å². The maximum Gasteiger partial charge on any atom is 0.358 e. The van der Waals surface area contributed by atoms with E-state index in [4.69, 9.17) is 9.63 Å². The van der Waals surface area contributed by atoms with Gasteiger partial charge < -0.3 is 9.63 Å². The van der Waals surface area contributed by atoms with Crippen molar-refractivity contribution in [2.75, 3.05) is 6.54 Å². The van der Waals surface area contributed by atoms with E-state index in [9.17, 15) is 4.79 Å². The van der Waals surface area contributed by atoms with Crippen LogP contribution in [0, 0.1) is 11.8 Å². The lowest BCUT2D eigenvalue weighted by atomic mass is 10.3. The summed E-state index contributed by atoms with van der Waals surface area (Å²) in [6.45, 7) is 2.72. The van der Waals surface area contributed by atoms with E-state index in [1.165, 1.54) is 6.07 Å². The highest BCUT2D eigenvalue weighted by Gasteiger charge is 2.09. The summed E-state index contributed by atoms with van der Waals surface area (Å²) in [4.78, 5) is 10.4. The largest absolute Gasteiger partial charge is 0.476 e. The van der Waals surface area contributed by atoms with Gasteiger partial charge in [0.2, 0.25) is 0 Å². The first-order valence-electron chi connectivity index (χ1n) is 4.03. The standard InChI is InChI=1S/C9H10N2O3/c1-2-3-4-10-6-7-5-8(9(12)13)11-14-7/h5,10H,4,6H2,1H3,(H,12,13). The highest BCUT2D eigenvalue weighted by atomic mass is 16.5. The van der Waals surface area contributed by atoms with E-state index < -0.39 is 5.97 Å². The second-order valence-corrected chi connectivity index (χ2v) is 2.51. The molecule has 5 nitrogen and oxygen atoms in total. The van der Waals surface area contributed by atoms with Gasteiger partial charge in [-0.15, -0.1) is 5.92 Å². The Bertz CT molecular complexity index is 373. The average Bonchev–Trinajstić information content (AvgIpc) is 2.61. The first-order valence-corrected chi connectivity index (χ1v) is 4.03. The van der Waals surface area contributed by atoms with Crippen molar-refractivity contribution in [3.8, 4) is 11.8 Å². The maximum absolute atomic E-state index is 10.4. The van der Waals surface area contributed by atoms with Crippen molar-refractivity contribution in [3.63, 3.8) is 0 Å². The molecule has 0 aromatic carbocycles. The van der Waals surface area contributed by atoms with Crippen LogP contribution in [0.1, 0.15) is 23.2 Å². The summed E-state index contributed by atoms with van der Waals surface area (Å²) in [6.07, 6.45) is 0. The summed E-state index contributed by atoms with van der Waals surface area (Å²) >= 11 is 0. The van der Waals surface area contributed by atoms with Gasteiger partial charge in [0, 0.05) is 6.07 Å². The Morgan fingerprint density at radius 2 is 2.57 bits per heavy atom. The minimum atomic E-state index is -1.09. The highest BCUT2D eigenvalue weighted by molar-refractivity contribution is 5.85. The molecule has 2 N–H and O–H groups in total. The van der Waals surface area contributed by atoms with E-state index in [0.717, 1.165) is 0 Å². The number of aromatic nitrogens is 1. The second-order valence-electron chi connectivity index (χ2n) is 2.51. The fraction of sp³-hybridized carbons (Fsp3) is 0.333. The summed E-state index contributed by atoms with van der Waals surface area (Å²) in [7, 11) is 0. The van der Waals surface area contributed by atoms with Crippen molar-refractivity contribution >= 4 is 5.97 Å². The van der Waals surface area contributed by atoms with Gasteiger partial charge in [0.1, 0.15) is 0 Å². The Hall–Kier alpha value is -1.80. The SMILES string of the molecule is CC#CCNCc1cc(C(=O)O)no1. The quantitative estimate of drug-likeness (QED) is 0.538. The predicted molar refractivity (Wildman–Crippen MR) is 48.6 cm³/mol. The van der Waals surface area contributed by atoms with E-state index in [1.54, 1.807) is 6.92 Å². The Morgan fingerprint density at radius 3 is 3.14 bits per heavy atom. The second kappa shape index (κ2) is 5.04. The number of nitrogens with one attached hydrogen (secondary N) is 1. The third kappa shape index (κ3) is 2.92. The molecule has 1 heterocycles. The molecular formula is C9H10N2O3. The van der Waals surface area contributed by atoms with Crippen LogP contribution in [0.5, 0.6) is 0 Å². The molecular weight excluding hydrogens is 184 g/mol. The molecule has 0 saturated heterocycles. The molecule has 0 amide bonds. The highest BCUT2D eigenvalue weighted by Crippen LogP contribution is 2.02. The summed E-state index contributed by atoms with van der Waals surface area (Å²) in [5.41, 5.74) is -0.0802. The number of nitrogens with zero attached hydrogens (tertiary/aromatic N) is 1. The lowest BCUT2D eigenvalue weighted by molar-refractivity contribution is 0.0685. The molecule has 1 rings (SSSR count). The number of hydrogen-bond acceptors (Lipinski definition) is 4. The van der Waals surface area contributed by atoms with Crippen LogP contribution in [-0.2, 0) is 6.54 Å². The van der Waals surface area contributed by atoms with Gasteiger partial charge in [-0.3, -0.25) is 5.32 Å². The molecule has 0 aliphatic rings. The van der Waals surface area contributed by atoms with Crippen molar-refractivity contribution in [2.24, 2.45) is 0 Å². The zero-order valence-corrected chi connectivity index (χ0v) is 7.70. The van der Waals surface area contributed by atoms with Crippen LogP contribution >= 0.6 is 0 Å². The summed E-state index contributed by atoms with van der Waals surface area (Å²) in [6, 6.07) is 1.38. The van der Waals surface area contributed by atoms with Gasteiger partial charge in [0.25, 0.3) is 0 Å². The van der Waals surface area contributed by atoms with Crippen LogP contribution in [0.2, 0.25) is 0 Å². The number of carboxylic acid groups (broad SMARTS) is 1. The monoisotopic (exact) mass is 194 g/mol. The normalized spacial score (nSPS) is 9.21. The number of rotatable bonds is 4. The van der Waals surface area contributed by atoms with Crippen molar-refractivity contribution in [2.45, 2.75) is 13.5 Å². The molecule has 14 heavy (non-hydrogen) atoms. The summed E-state index contributed by atoms with van der Waals surface area (Å²) in [5.74, 6) is 4.93. The van der Waals surface area contributed by atoms with Gasteiger partial charge in [-0.05, 0) is 6.92 Å². The van der Waals surface area contributed by atoms with E-state index in [2.05, 4.69) is 22.3 Å². The van der Waals surface area contributed by atoms with Gasteiger partial charge in [0.05, 0.1) is 13.1 Å².